The summed E-state index contributed by atoms with van der Waals surface area (Å²) in [6.07, 6.45) is 1.93. The Labute approximate surface area is 212 Å². The summed E-state index contributed by atoms with van der Waals surface area (Å²) in [6, 6.07) is 41.5. The van der Waals surface area contributed by atoms with E-state index in [1.54, 1.807) is 0 Å². The lowest BCUT2D eigenvalue weighted by Crippen LogP contribution is -2.16. The fraction of sp³-hybridized carbons (Fsp3) is 0. The third-order valence-corrected chi connectivity index (χ3v) is 8.37. The first-order chi connectivity index (χ1) is 17.8. The van der Waals surface area contributed by atoms with E-state index in [0.717, 1.165) is 11.4 Å². The first-order valence-electron chi connectivity index (χ1n) is 12.1. The molecule has 36 heavy (non-hydrogen) atoms. The number of fused-ring (bicyclic) bond motifs is 5. The summed E-state index contributed by atoms with van der Waals surface area (Å²) in [5, 5.41) is 5.16. The van der Waals surface area contributed by atoms with Gasteiger partial charge in [0.05, 0.1) is 11.4 Å². The Morgan fingerprint density at radius 1 is 0.556 bits per heavy atom. The van der Waals surface area contributed by atoms with Crippen molar-refractivity contribution in [3.05, 3.63) is 121 Å². The van der Waals surface area contributed by atoms with E-state index in [-0.39, 0.29) is 0 Å². The van der Waals surface area contributed by atoms with Crippen molar-refractivity contribution in [2.24, 2.45) is 0 Å². The van der Waals surface area contributed by atoms with Crippen molar-refractivity contribution in [3.63, 3.8) is 0 Å². The summed E-state index contributed by atoms with van der Waals surface area (Å²) in [5.74, 6) is 0.931. The van der Waals surface area contributed by atoms with Crippen molar-refractivity contribution >= 4 is 59.5 Å². The lowest BCUT2D eigenvalue weighted by Gasteiger charge is -2.33. The fourth-order valence-corrected chi connectivity index (χ4v) is 6.74. The molecule has 0 aliphatic carbocycles. The zero-order valence-electron chi connectivity index (χ0n) is 19.3. The normalized spacial score (nSPS) is 12.4. The Hall–Kier alpha value is -4.47. The van der Waals surface area contributed by atoms with E-state index in [1.165, 1.54) is 59.0 Å². The molecule has 168 valence electrons. The first-order valence-corrected chi connectivity index (χ1v) is 13.0. The van der Waals surface area contributed by atoms with Gasteiger partial charge in [-0.05, 0) is 58.5 Å². The van der Waals surface area contributed by atoms with E-state index in [0.29, 0.717) is 0 Å². The van der Waals surface area contributed by atoms with Crippen LogP contribution < -0.4 is 4.90 Å². The van der Waals surface area contributed by atoms with Crippen molar-refractivity contribution < 1.29 is 0 Å². The van der Waals surface area contributed by atoms with Crippen molar-refractivity contribution in [2.75, 3.05) is 4.90 Å². The van der Waals surface area contributed by atoms with Crippen molar-refractivity contribution in [2.45, 2.75) is 0 Å². The third-order valence-electron chi connectivity index (χ3n) is 7.23. The minimum absolute atomic E-state index is 0.931. The fourth-order valence-electron chi connectivity index (χ4n) is 5.62. The maximum absolute atomic E-state index is 4.90. The van der Waals surface area contributed by atoms with Crippen LogP contribution in [0.3, 0.4) is 0 Å². The summed E-state index contributed by atoms with van der Waals surface area (Å²) in [5.41, 5.74) is 7.24. The number of anilines is 3. The van der Waals surface area contributed by atoms with E-state index >= 15 is 0 Å². The molecule has 0 fully saturated rings. The Morgan fingerprint density at radius 2 is 1.39 bits per heavy atom. The topological polar surface area (TPSA) is 16.1 Å². The molecule has 7 aromatic rings. The molecule has 1 aliphatic rings. The molecule has 5 aromatic carbocycles. The molecule has 0 atom stereocenters. The average molecular weight is 477 g/mol. The number of nitrogens with zero attached hydrogens (tertiary/aromatic N) is 2. The van der Waals surface area contributed by atoms with Gasteiger partial charge in [0.25, 0.3) is 0 Å². The highest BCUT2D eigenvalue weighted by Crippen LogP contribution is 2.53. The van der Waals surface area contributed by atoms with Gasteiger partial charge in [-0.15, -0.1) is 11.3 Å². The number of thiophene rings is 1. The molecule has 1 aliphatic heterocycles. The molecule has 0 unspecified atom stereocenters. The molecule has 2 nitrogen and oxygen atoms in total. The number of hydrogen-bond donors (Lipinski definition) is 0. The van der Waals surface area contributed by atoms with Gasteiger partial charge < -0.3 is 0 Å². The Balaban J connectivity index is 1.46. The van der Waals surface area contributed by atoms with E-state index in [2.05, 4.69) is 120 Å². The molecule has 0 saturated heterocycles. The number of rotatable bonds is 2. The SMILES string of the molecule is c1ccc(-c2ccnc(N3c4cc5sc6ccccc6c5cc4-c4cccc5cccc3c45)c2)cc1. The maximum atomic E-state index is 4.90. The van der Waals surface area contributed by atoms with E-state index in [1.807, 2.05) is 17.5 Å². The predicted octanol–water partition coefficient (Wildman–Crippen LogP) is 9.72. The highest BCUT2D eigenvalue weighted by Gasteiger charge is 2.28. The highest BCUT2D eigenvalue weighted by atomic mass is 32.1. The quantitative estimate of drug-likeness (QED) is 0.247. The van der Waals surface area contributed by atoms with Crippen LogP contribution in [-0.4, -0.2) is 4.98 Å². The van der Waals surface area contributed by atoms with Crippen molar-refractivity contribution in [1.29, 1.82) is 0 Å². The van der Waals surface area contributed by atoms with Gasteiger partial charge in [-0.3, -0.25) is 4.90 Å². The minimum Gasteiger partial charge on any atom is -0.294 e. The smallest absolute Gasteiger partial charge is 0.138 e. The second kappa shape index (κ2) is 7.51. The molecule has 8 rings (SSSR count). The molecular weight excluding hydrogens is 456 g/mol. The van der Waals surface area contributed by atoms with Gasteiger partial charge in [0.15, 0.2) is 0 Å². The van der Waals surface area contributed by atoms with Gasteiger partial charge in [-0.1, -0.05) is 78.9 Å². The number of benzene rings is 5. The molecule has 2 aromatic heterocycles. The van der Waals surface area contributed by atoms with E-state index in [4.69, 9.17) is 4.98 Å². The van der Waals surface area contributed by atoms with Crippen LogP contribution in [0.4, 0.5) is 17.2 Å². The van der Waals surface area contributed by atoms with E-state index in [9.17, 15) is 0 Å². The highest BCUT2D eigenvalue weighted by molar-refractivity contribution is 7.25. The van der Waals surface area contributed by atoms with Crippen LogP contribution in [0, 0.1) is 0 Å². The summed E-state index contributed by atoms with van der Waals surface area (Å²) in [7, 11) is 0. The van der Waals surface area contributed by atoms with Crippen LogP contribution in [0.2, 0.25) is 0 Å². The van der Waals surface area contributed by atoms with Gasteiger partial charge in [-0.2, -0.15) is 0 Å². The number of pyridine rings is 1. The van der Waals surface area contributed by atoms with Gasteiger partial charge >= 0.3 is 0 Å². The molecule has 0 saturated carbocycles. The average Bonchev–Trinajstić information content (AvgIpc) is 3.31. The van der Waals surface area contributed by atoms with Crippen LogP contribution in [-0.2, 0) is 0 Å². The Bertz CT molecular complexity index is 1950. The summed E-state index contributed by atoms with van der Waals surface area (Å²) in [4.78, 5) is 7.25. The molecule has 0 radical (unpaired) electrons. The molecule has 0 N–H and O–H groups in total. The van der Waals surface area contributed by atoms with Crippen molar-refractivity contribution in [3.8, 4) is 22.3 Å². The lowest BCUT2D eigenvalue weighted by atomic mass is 9.90. The molecule has 0 amide bonds. The minimum atomic E-state index is 0.931. The van der Waals surface area contributed by atoms with Gasteiger partial charge in [0, 0.05) is 37.3 Å². The molecule has 0 bridgehead atoms. The third kappa shape index (κ3) is 2.81. The Morgan fingerprint density at radius 3 is 2.31 bits per heavy atom. The number of aromatic nitrogens is 1. The largest absolute Gasteiger partial charge is 0.294 e. The summed E-state index contributed by atoms with van der Waals surface area (Å²) < 4.78 is 2.62. The van der Waals surface area contributed by atoms with Gasteiger partial charge in [0.1, 0.15) is 5.82 Å². The van der Waals surface area contributed by atoms with E-state index < -0.39 is 0 Å². The maximum Gasteiger partial charge on any atom is 0.138 e. The van der Waals surface area contributed by atoms with Gasteiger partial charge in [0.2, 0.25) is 0 Å². The van der Waals surface area contributed by atoms with Crippen LogP contribution in [0.15, 0.2) is 121 Å². The van der Waals surface area contributed by atoms with Crippen LogP contribution in [0.25, 0.3) is 53.2 Å². The summed E-state index contributed by atoms with van der Waals surface area (Å²) in [6.45, 7) is 0. The zero-order chi connectivity index (χ0) is 23.6. The second-order valence-electron chi connectivity index (χ2n) is 9.25. The Kier molecular flexibility index (Phi) is 4.13. The first kappa shape index (κ1) is 19.8. The van der Waals surface area contributed by atoms with Crippen LogP contribution in [0.1, 0.15) is 0 Å². The zero-order valence-corrected chi connectivity index (χ0v) is 20.2. The molecule has 3 heteroatoms. The lowest BCUT2D eigenvalue weighted by molar-refractivity contribution is 1.19. The standard InChI is InChI=1S/C33H20N2S/c1-2-8-21(9-3-1)23-16-17-34-32(18-23)35-28-14-7-11-22-10-6-13-25(33(22)28)26-19-27-24-12-4-5-15-30(24)36-31(27)20-29(26)35/h1-20H. The monoisotopic (exact) mass is 476 g/mol. The number of hydrogen-bond acceptors (Lipinski definition) is 3. The van der Waals surface area contributed by atoms with Crippen LogP contribution in [0.5, 0.6) is 0 Å². The second-order valence-corrected chi connectivity index (χ2v) is 10.3. The summed E-state index contributed by atoms with van der Waals surface area (Å²) >= 11 is 1.86. The molecule has 3 heterocycles. The van der Waals surface area contributed by atoms with Crippen molar-refractivity contribution in [1.82, 2.24) is 4.98 Å². The van der Waals surface area contributed by atoms with Crippen LogP contribution >= 0.6 is 11.3 Å². The van der Waals surface area contributed by atoms with Gasteiger partial charge in [-0.25, -0.2) is 4.98 Å². The molecule has 0 spiro atoms. The molecular formula is C33H20N2S. The predicted molar refractivity (Wildman–Crippen MR) is 154 cm³/mol.